The van der Waals surface area contributed by atoms with Crippen molar-refractivity contribution < 1.29 is 19.0 Å². The molecule has 0 aliphatic carbocycles. The fourth-order valence-corrected chi connectivity index (χ4v) is 5.27. The zero-order valence-electron chi connectivity index (χ0n) is 24.8. The molecule has 0 radical (unpaired) electrons. The lowest BCUT2D eigenvalue weighted by Crippen LogP contribution is -2.33. The Morgan fingerprint density at radius 3 is 2.63 bits per heavy atom. The Kier molecular flexibility index (Phi) is 10.6. The SMILES string of the molecule is CC(C)Oc1ccc(CN2CCCCCCOc3ccccc3Oc3ccc(Cl)cc3NC(=O)C2)cc1Cn1ccnc1. The molecule has 43 heavy (non-hydrogen) atoms. The van der Waals surface area contributed by atoms with Crippen LogP contribution in [0.5, 0.6) is 23.0 Å². The van der Waals surface area contributed by atoms with Crippen LogP contribution < -0.4 is 19.5 Å². The summed E-state index contributed by atoms with van der Waals surface area (Å²) in [7, 11) is 0. The van der Waals surface area contributed by atoms with Gasteiger partial charge in [0, 0.05) is 29.5 Å². The highest BCUT2D eigenvalue weighted by Gasteiger charge is 2.17. The number of hydrogen-bond acceptors (Lipinski definition) is 6. The highest BCUT2D eigenvalue weighted by Crippen LogP contribution is 2.36. The van der Waals surface area contributed by atoms with Gasteiger partial charge in [-0.2, -0.15) is 0 Å². The van der Waals surface area contributed by atoms with Gasteiger partial charge in [-0.1, -0.05) is 42.6 Å². The Bertz CT molecular complexity index is 1490. The number of halogens is 1. The summed E-state index contributed by atoms with van der Waals surface area (Å²) < 4.78 is 20.4. The van der Waals surface area contributed by atoms with Crippen LogP contribution in [0.1, 0.15) is 50.7 Å². The maximum absolute atomic E-state index is 13.4. The summed E-state index contributed by atoms with van der Waals surface area (Å²) in [6.45, 7) is 6.96. The van der Waals surface area contributed by atoms with Gasteiger partial charge in [0.1, 0.15) is 5.75 Å². The molecule has 8 nitrogen and oxygen atoms in total. The van der Waals surface area contributed by atoms with E-state index in [1.165, 1.54) is 0 Å². The molecular weight excluding hydrogens is 564 g/mol. The standard InChI is InChI=1S/C34H39ClN4O4/c1-25(2)42-30-13-11-26(19-27(30)22-39-17-15-36-24-39)21-38-16-7-3-4-8-18-41-32-9-5-6-10-33(32)43-31-14-12-28(35)20-29(31)37-34(40)23-38/h5-6,9-15,17,19-20,24-25H,3-4,7-8,16,18,21-23H2,1-2H3,(H,37,40). The zero-order valence-corrected chi connectivity index (χ0v) is 25.6. The second-order valence-electron chi connectivity index (χ2n) is 11.1. The van der Waals surface area contributed by atoms with E-state index in [2.05, 4.69) is 27.3 Å². The molecule has 1 aromatic heterocycles. The number of imidazole rings is 1. The van der Waals surface area contributed by atoms with Gasteiger partial charge in [-0.25, -0.2) is 4.98 Å². The highest BCUT2D eigenvalue weighted by atomic mass is 35.5. The monoisotopic (exact) mass is 602 g/mol. The van der Waals surface area contributed by atoms with E-state index in [9.17, 15) is 4.79 Å². The highest BCUT2D eigenvalue weighted by molar-refractivity contribution is 6.31. The number of carbonyl (C=O) groups excluding carboxylic acids is 1. The van der Waals surface area contributed by atoms with E-state index in [1.54, 1.807) is 30.7 Å². The molecule has 0 spiro atoms. The molecule has 0 saturated carbocycles. The fourth-order valence-electron chi connectivity index (χ4n) is 5.10. The molecule has 5 rings (SSSR count). The lowest BCUT2D eigenvalue weighted by Gasteiger charge is -2.24. The van der Waals surface area contributed by atoms with Crippen LogP contribution in [0.4, 0.5) is 5.69 Å². The number of carbonyl (C=O) groups is 1. The van der Waals surface area contributed by atoms with Crippen LogP contribution in [0.25, 0.3) is 0 Å². The van der Waals surface area contributed by atoms with Crippen LogP contribution in [0, 0.1) is 0 Å². The van der Waals surface area contributed by atoms with Gasteiger partial charge in [0.05, 0.1) is 37.8 Å². The first-order valence-corrected chi connectivity index (χ1v) is 15.3. The van der Waals surface area contributed by atoms with Crippen LogP contribution in [-0.4, -0.2) is 46.2 Å². The quantitative estimate of drug-likeness (QED) is 0.245. The molecule has 0 fully saturated rings. The van der Waals surface area contributed by atoms with Crippen molar-refractivity contribution in [2.75, 3.05) is 25.0 Å². The van der Waals surface area contributed by atoms with E-state index in [1.807, 2.05) is 54.9 Å². The van der Waals surface area contributed by atoms with Gasteiger partial charge < -0.3 is 24.1 Å². The number of rotatable bonds is 6. The van der Waals surface area contributed by atoms with Crippen LogP contribution in [0.2, 0.25) is 5.02 Å². The number of amides is 1. The van der Waals surface area contributed by atoms with Crippen molar-refractivity contribution in [1.29, 1.82) is 0 Å². The molecule has 1 N–H and O–H groups in total. The molecule has 9 heteroatoms. The van der Waals surface area contributed by atoms with E-state index in [0.717, 1.165) is 49.1 Å². The minimum Gasteiger partial charge on any atom is -0.491 e. The Balaban J connectivity index is 1.37. The number of nitrogens with one attached hydrogen (secondary N) is 1. The number of para-hydroxylation sites is 2. The molecule has 226 valence electrons. The molecule has 1 aliphatic rings. The molecule has 0 atom stereocenters. The van der Waals surface area contributed by atoms with Gasteiger partial charge in [0.2, 0.25) is 5.91 Å². The number of fused-ring (bicyclic) bond motifs is 2. The van der Waals surface area contributed by atoms with Crippen LogP contribution in [-0.2, 0) is 17.9 Å². The molecule has 4 aromatic rings. The number of nitrogens with zero attached hydrogens (tertiary/aromatic N) is 3. The van der Waals surface area contributed by atoms with E-state index in [4.69, 9.17) is 25.8 Å². The molecule has 0 bridgehead atoms. The largest absolute Gasteiger partial charge is 0.491 e. The van der Waals surface area contributed by atoms with Crippen molar-refractivity contribution in [3.8, 4) is 23.0 Å². The van der Waals surface area contributed by atoms with Crippen molar-refractivity contribution in [3.05, 3.63) is 95.5 Å². The predicted octanol–water partition coefficient (Wildman–Crippen LogP) is 7.56. The lowest BCUT2D eigenvalue weighted by molar-refractivity contribution is -0.117. The Morgan fingerprint density at radius 2 is 1.81 bits per heavy atom. The zero-order chi connectivity index (χ0) is 30.0. The average molecular weight is 603 g/mol. The van der Waals surface area contributed by atoms with Crippen LogP contribution in [0.15, 0.2) is 79.4 Å². The smallest absolute Gasteiger partial charge is 0.238 e. The number of benzene rings is 3. The van der Waals surface area contributed by atoms with Gasteiger partial charge in [-0.05, 0) is 81.3 Å². The minimum absolute atomic E-state index is 0.0622. The Labute approximate surface area is 258 Å². The molecular formula is C34H39ClN4O4. The average Bonchev–Trinajstić information content (AvgIpc) is 3.48. The maximum atomic E-state index is 13.4. The summed E-state index contributed by atoms with van der Waals surface area (Å²) in [6, 6.07) is 19.1. The number of ether oxygens (including phenoxy) is 3. The van der Waals surface area contributed by atoms with Gasteiger partial charge in [-0.3, -0.25) is 9.69 Å². The third kappa shape index (κ3) is 8.99. The summed E-state index contributed by atoms with van der Waals surface area (Å²) in [5, 5.41) is 3.55. The molecule has 1 amide bonds. The van der Waals surface area contributed by atoms with Crippen molar-refractivity contribution in [2.24, 2.45) is 0 Å². The molecule has 3 aromatic carbocycles. The van der Waals surface area contributed by atoms with E-state index in [0.29, 0.717) is 47.7 Å². The first-order valence-electron chi connectivity index (χ1n) is 14.9. The first kappa shape index (κ1) is 30.4. The summed E-state index contributed by atoms with van der Waals surface area (Å²) in [5.41, 5.74) is 2.70. The van der Waals surface area contributed by atoms with Crippen LogP contribution >= 0.6 is 11.6 Å². The lowest BCUT2D eigenvalue weighted by atomic mass is 10.1. The van der Waals surface area contributed by atoms with Gasteiger partial charge in [0.15, 0.2) is 17.2 Å². The molecule has 1 aliphatic heterocycles. The van der Waals surface area contributed by atoms with E-state index >= 15 is 0 Å². The number of hydrogen-bond donors (Lipinski definition) is 1. The van der Waals surface area contributed by atoms with Crippen molar-refractivity contribution in [1.82, 2.24) is 14.5 Å². The second-order valence-corrected chi connectivity index (χ2v) is 11.5. The third-order valence-corrected chi connectivity index (χ3v) is 7.32. The maximum Gasteiger partial charge on any atom is 0.238 e. The van der Waals surface area contributed by atoms with E-state index < -0.39 is 0 Å². The Hall–Kier alpha value is -4.01. The normalized spacial score (nSPS) is 15.1. The fraction of sp³-hybridized carbons (Fsp3) is 0.353. The number of aromatic nitrogens is 2. The summed E-state index contributed by atoms with van der Waals surface area (Å²) in [5.74, 6) is 2.48. The summed E-state index contributed by atoms with van der Waals surface area (Å²) >= 11 is 6.33. The van der Waals surface area contributed by atoms with Gasteiger partial charge in [-0.15, -0.1) is 0 Å². The van der Waals surface area contributed by atoms with Gasteiger partial charge >= 0.3 is 0 Å². The minimum atomic E-state index is -0.137. The van der Waals surface area contributed by atoms with Gasteiger partial charge in [0.25, 0.3) is 0 Å². The summed E-state index contributed by atoms with van der Waals surface area (Å²) in [4.78, 5) is 19.8. The van der Waals surface area contributed by atoms with Crippen molar-refractivity contribution in [2.45, 2.75) is 58.7 Å². The Morgan fingerprint density at radius 1 is 0.977 bits per heavy atom. The first-order chi connectivity index (χ1) is 20.9. The van der Waals surface area contributed by atoms with Crippen molar-refractivity contribution in [3.63, 3.8) is 0 Å². The van der Waals surface area contributed by atoms with Crippen LogP contribution in [0.3, 0.4) is 0 Å². The number of anilines is 1. The van der Waals surface area contributed by atoms with Crippen molar-refractivity contribution >= 4 is 23.2 Å². The van der Waals surface area contributed by atoms with E-state index in [-0.39, 0.29) is 18.6 Å². The summed E-state index contributed by atoms with van der Waals surface area (Å²) in [6.07, 6.45) is 9.59. The molecule has 0 unspecified atom stereocenters. The predicted molar refractivity (Wildman–Crippen MR) is 169 cm³/mol. The third-order valence-electron chi connectivity index (χ3n) is 7.08. The molecule has 0 saturated heterocycles. The second kappa shape index (κ2) is 14.9. The molecule has 2 heterocycles. The topological polar surface area (TPSA) is 77.9 Å².